The Hall–Kier alpha value is -2.31. The summed E-state index contributed by atoms with van der Waals surface area (Å²) in [5.74, 6) is 1.07. The molecule has 0 amide bonds. The molecule has 2 aromatic rings. The first-order chi connectivity index (χ1) is 10.0. The van der Waals surface area contributed by atoms with Gasteiger partial charge in [-0.25, -0.2) is 0 Å². The SMILES string of the molecule is COc1ccc([N+](=O)[O-])cc1Oc1ccc(CN)c(Cl)c1. The third-order valence-corrected chi connectivity index (χ3v) is 3.18. The van der Waals surface area contributed by atoms with E-state index in [-0.39, 0.29) is 11.4 Å². The van der Waals surface area contributed by atoms with Crippen LogP contribution in [0.5, 0.6) is 17.2 Å². The van der Waals surface area contributed by atoms with Gasteiger partial charge in [0.15, 0.2) is 11.5 Å². The van der Waals surface area contributed by atoms with Crippen LogP contribution in [0.3, 0.4) is 0 Å². The Morgan fingerprint density at radius 1 is 1.24 bits per heavy atom. The van der Waals surface area contributed by atoms with Gasteiger partial charge >= 0.3 is 0 Å². The number of nitrogens with two attached hydrogens (primary N) is 1. The van der Waals surface area contributed by atoms with Crippen molar-refractivity contribution in [2.75, 3.05) is 7.11 Å². The summed E-state index contributed by atoms with van der Waals surface area (Å²) in [7, 11) is 1.46. The Labute approximate surface area is 126 Å². The number of rotatable bonds is 5. The number of methoxy groups -OCH3 is 1. The number of hydrogen-bond acceptors (Lipinski definition) is 5. The number of halogens is 1. The number of nitrogens with zero attached hydrogens (tertiary/aromatic N) is 1. The lowest BCUT2D eigenvalue weighted by Gasteiger charge is -2.11. The average molecular weight is 309 g/mol. The van der Waals surface area contributed by atoms with E-state index in [4.69, 9.17) is 26.8 Å². The van der Waals surface area contributed by atoms with Crippen LogP contribution in [0.4, 0.5) is 5.69 Å². The standard InChI is InChI=1S/C14H13ClN2O4/c1-20-13-5-3-10(17(18)19)6-14(13)21-11-4-2-9(8-16)12(15)7-11/h2-7H,8,16H2,1H3. The van der Waals surface area contributed by atoms with E-state index in [1.54, 1.807) is 18.2 Å². The number of hydrogen-bond donors (Lipinski definition) is 1. The van der Waals surface area contributed by atoms with Crippen LogP contribution in [-0.2, 0) is 6.54 Å². The molecule has 0 aromatic heterocycles. The Balaban J connectivity index is 2.35. The number of nitro benzene ring substituents is 1. The monoisotopic (exact) mass is 308 g/mol. The van der Waals surface area contributed by atoms with E-state index in [9.17, 15) is 10.1 Å². The van der Waals surface area contributed by atoms with Crippen LogP contribution >= 0.6 is 11.6 Å². The van der Waals surface area contributed by atoms with Crippen LogP contribution in [0.1, 0.15) is 5.56 Å². The molecule has 0 unspecified atom stereocenters. The van der Waals surface area contributed by atoms with Gasteiger partial charge in [-0.3, -0.25) is 10.1 Å². The van der Waals surface area contributed by atoms with E-state index in [1.165, 1.54) is 25.3 Å². The van der Waals surface area contributed by atoms with Crippen LogP contribution in [-0.4, -0.2) is 12.0 Å². The van der Waals surface area contributed by atoms with Gasteiger partial charge in [-0.2, -0.15) is 0 Å². The minimum absolute atomic E-state index is 0.0875. The zero-order valence-corrected chi connectivity index (χ0v) is 12.0. The highest BCUT2D eigenvalue weighted by molar-refractivity contribution is 6.31. The molecular formula is C14H13ClN2O4. The van der Waals surface area contributed by atoms with Gasteiger partial charge in [0, 0.05) is 17.6 Å². The van der Waals surface area contributed by atoms with Crippen molar-refractivity contribution < 1.29 is 14.4 Å². The van der Waals surface area contributed by atoms with Crippen molar-refractivity contribution in [2.45, 2.75) is 6.54 Å². The molecule has 0 saturated carbocycles. The molecule has 7 heteroatoms. The molecule has 110 valence electrons. The van der Waals surface area contributed by atoms with Crippen LogP contribution in [0.2, 0.25) is 5.02 Å². The van der Waals surface area contributed by atoms with Crippen LogP contribution in [0, 0.1) is 10.1 Å². The number of non-ortho nitro benzene ring substituents is 1. The highest BCUT2D eigenvalue weighted by Crippen LogP contribution is 2.35. The first-order valence-electron chi connectivity index (χ1n) is 6.04. The quantitative estimate of drug-likeness (QED) is 0.674. The minimum Gasteiger partial charge on any atom is -0.493 e. The zero-order valence-electron chi connectivity index (χ0n) is 11.2. The maximum Gasteiger partial charge on any atom is 0.273 e. The molecule has 2 rings (SSSR count). The summed E-state index contributed by atoms with van der Waals surface area (Å²) in [5.41, 5.74) is 6.23. The van der Waals surface area contributed by atoms with E-state index in [0.29, 0.717) is 23.1 Å². The topological polar surface area (TPSA) is 87.6 Å². The summed E-state index contributed by atoms with van der Waals surface area (Å²) >= 11 is 6.05. The van der Waals surface area contributed by atoms with Gasteiger partial charge in [0.2, 0.25) is 0 Å². The van der Waals surface area contributed by atoms with Crippen molar-refractivity contribution in [3.63, 3.8) is 0 Å². The lowest BCUT2D eigenvalue weighted by molar-refractivity contribution is -0.384. The molecule has 0 spiro atoms. The third-order valence-electron chi connectivity index (χ3n) is 2.83. The van der Waals surface area contributed by atoms with Crippen molar-refractivity contribution in [3.8, 4) is 17.2 Å². The van der Waals surface area contributed by atoms with E-state index < -0.39 is 4.92 Å². The first kappa shape index (κ1) is 15.1. The molecular weight excluding hydrogens is 296 g/mol. The number of ether oxygens (including phenoxy) is 2. The third kappa shape index (κ3) is 3.42. The predicted octanol–water partition coefficient (Wildman–Crippen LogP) is 3.51. The van der Waals surface area contributed by atoms with Gasteiger partial charge in [-0.05, 0) is 23.8 Å². The Kier molecular flexibility index (Phi) is 4.62. The molecule has 0 fully saturated rings. The minimum atomic E-state index is -0.503. The summed E-state index contributed by atoms with van der Waals surface area (Å²) in [6, 6.07) is 9.14. The van der Waals surface area contributed by atoms with Gasteiger partial charge in [0.1, 0.15) is 5.75 Å². The lowest BCUT2D eigenvalue weighted by Crippen LogP contribution is -1.97. The summed E-state index contributed by atoms with van der Waals surface area (Å²) in [6.07, 6.45) is 0. The van der Waals surface area contributed by atoms with Gasteiger partial charge < -0.3 is 15.2 Å². The fraction of sp³-hybridized carbons (Fsp3) is 0.143. The van der Waals surface area contributed by atoms with Crippen LogP contribution < -0.4 is 15.2 Å². The Bertz CT molecular complexity index is 676. The van der Waals surface area contributed by atoms with E-state index in [0.717, 1.165) is 5.56 Å². The molecule has 0 radical (unpaired) electrons. The van der Waals surface area contributed by atoms with Crippen molar-refractivity contribution in [1.82, 2.24) is 0 Å². The Morgan fingerprint density at radius 2 is 2.00 bits per heavy atom. The second-order valence-corrected chi connectivity index (χ2v) is 4.56. The molecule has 6 nitrogen and oxygen atoms in total. The molecule has 0 bridgehead atoms. The predicted molar refractivity (Wildman–Crippen MR) is 79.1 cm³/mol. The van der Waals surface area contributed by atoms with Gasteiger partial charge in [-0.1, -0.05) is 17.7 Å². The summed E-state index contributed by atoms with van der Waals surface area (Å²) in [6.45, 7) is 0.319. The highest BCUT2D eigenvalue weighted by atomic mass is 35.5. The van der Waals surface area contributed by atoms with Gasteiger partial charge in [-0.15, -0.1) is 0 Å². The van der Waals surface area contributed by atoms with E-state index in [1.807, 2.05) is 0 Å². The fourth-order valence-corrected chi connectivity index (χ4v) is 1.99. The van der Waals surface area contributed by atoms with Crippen molar-refractivity contribution in [3.05, 3.63) is 57.1 Å². The smallest absolute Gasteiger partial charge is 0.273 e. The van der Waals surface area contributed by atoms with Crippen LogP contribution in [0.15, 0.2) is 36.4 Å². The van der Waals surface area contributed by atoms with Gasteiger partial charge in [0.25, 0.3) is 5.69 Å². The fourth-order valence-electron chi connectivity index (χ4n) is 1.74. The van der Waals surface area contributed by atoms with E-state index >= 15 is 0 Å². The molecule has 2 aromatic carbocycles. The van der Waals surface area contributed by atoms with Crippen LogP contribution in [0.25, 0.3) is 0 Å². The summed E-state index contributed by atoms with van der Waals surface area (Å²) in [5, 5.41) is 11.3. The molecule has 0 aliphatic rings. The Morgan fingerprint density at radius 3 is 2.57 bits per heavy atom. The number of benzene rings is 2. The molecule has 21 heavy (non-hydrogen) atoms. The largest absolute Gasteiger partial charge is 0.493 e. The molecule has 0 saturated heterocycles. The molecule has 0 atom stereocenters. The normalized spacial score (nSPS) is 10.2. The first-order valence-corrected chi connectivity index (χ1v) is 6.41. The van der Waals surface area contributed by atoms with Gasteiger partial charge in [0.05, 0.1) is 18.1 Å². The summed E-state index contributed by atoms with van der Waals surface area (Å²) < 4.78 is 10.7. The maximum absolute atomic E-state index is 10.8. The van der Waals surface area contributed by atoms with Crippen molar-refractivity contribution in [1.29, 1.82) is 0 Å². The van der Waals surface area contributed by atoms with Crippen molar-refractivity contribution in [2.24, 2.45) is 5.73 Å². The highest BCUT2D eigenvalue weighted by Gasteiger charge is 2.13. The second-order valence-electron chi connectivity index (χ2n) is 4.15. The second kappa shape index (κ2) is 6.43. The molecule has 2 N–H and O–H groups in total. The molecule has 0 heterocycles. The van der Waals surface area contributed by atoms with E-state index in [2.05, 4.69) is 0 Å². The summed E-state index contributed by atoms with van der Waals surface area (Å²) in [4.78, 5) is 10.3. The molecule has 0 aliphatic carbocycles. The molecule has 0 aliphatic heterocycles. The average Bonchev–Trinajstić information content (AvgIpc) is 2.47. The zero-order chi connectivity index (χ0) is 15.4. The van der Waals surface area contributed by atoms with Crippen molar-refractivity contribution >= 4 is 17.3 Å². The number of nitro groups is 1. The lowest BCUT2D eigenvalue weighted by atomic mass is 10.2. The maximum atomic E-state index is 10.8.